The van der Waals surface area contributed by atoms with Crippen molar-refractivity contribution in [1.29, 1.82) is 0 Å². The van der Waals surface area contributed by atoms with E-state index in [1.807, 2.05) is 0 Å². The number of rotatable bonds is 6. The van der Waals surface area contributed by atoms with Crippen molar-refractivity contribution in [3.8, 4) is 0 Å². The highest BCUT2D eigenvalue weighted by atomic mass is 15.2. The van der Waals surface area contributed by atoms with E-state index in [0.717, 1.165) is 25.2 Å². The van der Waals surface area contributed by atoms with Crippen molar-refractivity contribution >= 4 is 5.69 Å². The molecule has 0 aliphatic heterocycles. The standard InChI is InChI=1S/C17H26N2/c1-2-19(16-8-4-5-9-16)17-10-6-3-7-14(17)13-18-15-11-12-15/h3,6-7,10,15-16,18H,2,4-5,8-9,11-13H2,1H3. The summed E-state index contributed by atoms with van der Waals surface area (Å²) < 4.78 is 0. The normalized spacial score (nSPS) is 19.8. The third kappa shape index (κ3) is 3.11. The fourth-order valence-electron chi connectivity index (χ4n) is 3.32. The maximum absolute atomic E-state index is 3.66. The molecule has 2 fully saturated rings. The zero-order valence-electron chi connectivity index (χ0n) is 12.1. The van der Waals surface area contributed by atoms with Crippen LogP contribution < -0.4 is 10.2 Å². The van der Waals surface area contributed by atoms with Gasteiger partial charge in [0, 0.05) is 30.9 Å². The SMILES string of the molecule is CCN(c1ccccc1CNC1CC1)C1CCCC1. The fourth-order valence-corrected chi connectivity index (χ4v) is 3.32. The van der Waals surface area contributed by atoms with Crippen molar-refractivity contribution < 1.29 is 0 Å². The molecule has 0 heterocycles. The topological polar surface area (TPSA) is 15.3 Å². The Balaban J connectivity index is 1.75. The Hall–Kier alpha value is -1.02. The van der Waals surface area contributed by atoms with E-state index in [1.54, 1.807) is 0 Å². The highest BCUT2D eigenvalue weighted by Crippen LogP contribution is 2.30. The molecule has 104 valence electrons. The highest BCUT2D eigenvalue weighted by molar-refractivity contribution is 5.54. The molecule has 0 atom stereocenters. The Kier molecular flexibility index (Phi) is 4.07. The minimum Gasteiger partial charge on any atom is -0.369 e. The molecule has 2 nitrogen and oxygen atoms in total. The van der Waals surface area contributed by atoms with Gasteiger partial charge in [-0.3, -0.25) is 0 Å². The van der Waals surface area contributed by atoms with Crippen molar-refractivity contribution in [2.24, 2.45) is 0 Å². The van der Waals surface area contributed by atoms with Crippen LogP contribution in [0.3, 0.4) is 0 Å². The second kappa shape index (κ2) is 5.96. The van der Waals surface area contributed by atoms with Crippen LogP contribution in [-0.2, 0) is 6.54 Å². The molecule has 0 radical (unpaired) electrons. The molecule has 0 bridgehead atoms. The minimum atomic E-state index is 0.770. The zero-order valence-corrected chi connectivity index (χ0v) is 12.1. The monoisotopic (exact) mass is 258 g/mol. The molecule has 0 amide bonds. The maximum atomic E-state index is 3.66. The third-order valence-electron chi connectivity index (χ3n) is 4.57. The Morgan fingerprint density at radius 1 is 1.11 bits per heavy atom. The first kappa shape index (κ1) is 13.0. The average Bonchev–Trinajstić information content (AvgIpc) is 3.13. The van der Waals surface area contributed by atoms with Gasteiger partial charge in [-0.25, -0.2) is 0 Å². The Bertz CT molecular complexity index is 405. The van der Waals surface area contributed by atoms with Gasteiger partial charge in [0.05, 0.1) is 0 Å². The molecule has 2 aliphatic rings. The second-order valence-electron chi connectivity index (χ2n) is 6.01. The molecule has 3 rings (SSSR count). The van der Waals surface area contributed by atoms with E-state index in [0.29, 0.717) is 0 Å². The number of hydrogen-bond acceptors (Lipinski definition) is 2. The van der Waals surface area contributed by atoms with Crippen LogP contribution in [0, 0.1) is 0 Å². The van der Waals surface area contributed by atoms with Crippen LogP contribution >= 0.6 is 0 Å². The molecule has 2 saturated carbocycles. The maximum Gasteiger partial charge on any atom is 0.0414 e. The van der Waals surface area contributed by atoms with Gasteiger partial charge < -0.3 is 10.2 Å². The molecule has 1 N–H and O–H groups in total. The summed E-state index contributed by atoms with van der Waals surface area (Å²) in [4.78, 5) is 2.64. The van der Waals surface area contributed by atoms with Gasteiger partial charge in [-0.05, 0) is 44.2 Å². The zero-order chi connectivity index (χ0) is 13.1. The summed E-state index contributed by atoms with van der Waals surface area (Å²) in [7, 11) is 0. The lowest BCUT2D eigenvalue weighted by Crippen LogP contribution is -2.34. The van der Waals surface area contributed by atoms with Crippen molar-refractivity contribution in [1.82, 2.24) is 5.32 Å². The summed E-state index contributed by atoms with van der Waals surface area (Å²) in [6.07, 6.45) is 8.29. The molecule has 1 aromatic rings. The summed E-state index contributed by atoms with van der Waals surface area (Å²) >= 11 is 0. The van der Waals surface area contributed by atoms with Gasteiger partial charge in [-0.1, -0.05) is 31.0 Å². The molecule has 19 heavy (non-hydrogen) atoms. The van der Waals surface area contributed by atoms with E-state index < -0.39 is 0 Å². The quantitative estimate of drug-likeness (QED) is 0.837. The van der Waals surface area contributed by atoms with E-state index in [-0.39, 0.29) is 0 Å². The molecule has 0 aromatic heterocycles. The fraction of sp³-hybridized carbons (Fsp3) is 0.647. The van der Waals surface area contributed by atoms with E-state index >= 15 is 0 Å². The number of nitrogens with zero attached hydrogens (tertiary/aromatic N) is 1. The Morgan fingerprint density at radius 2 is 1.84 bits per heavy atom. The van der Waals surface area contributed by atoms with Crippen LogP contribution in [0.1, 0.15) is 51.0 Å². The number of benzene rings is 1. The van der Waals surface area contributed by atoms with E-state index in [9.17, 15) is 0 Å². The van der Waals surface area contributed by atoms with Crippen molar-refractivity contribution in [2.45, 2.75) is 64.1 Å². The van der Waals surface area contributed by atoms with Crippen LogP contribution in [0.25, 0.3) is 0 Å². The van der Waals surface area contributed by atoms with E-state index in [1.165, 1.54) is 49.8 Å². The van der Waals surface area contributed by atoms with Gasteiger partial charge in [0.25, 0.3) is 0 Å². The molecule has 2 heteroatoms. The van der Waals surface area contributed by atoms with Gasteiger partial charge in [0.15, 0.2) is 0 Å². The molecule has 0 unspecified atom stereocenters. The van der Waals surface area contributed by atoms with Crippen LogP contribution in [0.4, 0.5) is 5.69 Å². The van der Waals surface area contributed by atoms with Gasteiger partial charge in [-0.15, -0.1) is 0 Å². The molecule has 0 saturated heterocycles. The number of nitrogens with one attached hydrogen (secondary N) is 1. The van der Waals surface area contributed by atoms with Crippen molar-refractivity contribution in [3.63, 3.8) is 0 Å². The third-order valence-corrected chi connectivity index (χ3v) is 4.57. The Morgan fingerprint density at radius 3 is 2.53 bits per heavy atom. The highest BCUT2D eigenvalue weighted by Gasteiger charge is 2.24. The van der Waals surface area contributed by atoms with Gasteiger partial charge in [0.1, 0.15) is 0 Å². The average molecular weight is 258 g/mol. The van der Waals surface area contributed by atoms with Gasteiger partial charge in [-0.2, -0.15) is 0 Å². The lowest BCUT2D eigenvalue weighted by atomic mass is 10.1. The van der Waals surface area contributed by atoms with Crippen LogP contribution in [0.2, 0.25) is 0 Å². The summed E-state index contributed by atoms with van der Waals surface area (Å²) in [5.74, 6) is 0. The first-order valence-electron chi connectivity index (χ1n) is 7.96. The van der Waals surface area contributed by atoms with Gasteiger partial charge in [0.2, 0.25) is 0 Å². The molecule has 0 spiro atoms. The van der Waals surface area contributed by atoms with Crippen LogP contribution in [0.15, 0.2) is 24.3 Å². The Labute approximate surface area is 117 Å². The van der Waals surface area contributed by atoms with E-state index in [2.05, 4.69) is 41.4 Å². The second-order valence-corrected chi connectivity index (χ2v) is 6.01. The summed E-state index contributed by atoms with van der Waals surface area (Å²) in [5.41, 5.74) is 2.94. The van der Waals surface area contributed by atoms with Gasteiger partial charge >= 0.3 is 0 Å². The predicted octanol–water partition coefficient (Wildman–Crippen LogP) is 3.71. The van der Waals surface area contributed by atoms with E-state index in [4.69, 9.17) is 0 Å². The largest absolute Gasteiger partial charge is 0.369 e. The lowest BCUT2D eigenvalue weighted by Gasteiger charge is -2.32. The number of hydrogen-bond donors (Lipinski definition) is 1. The number of para-hydroxylation sites is 1. The first-order chi connectivity index (χ1) is 9.38. The minimum absolute atomic E-state index is 0.770. The predicted molar refractivity (Wildman–Crippen MR) is 81.6 cm³/mol. The molecular weight excluding hydrogens is 232 g/mol. The smallest absolute Gasteiger partial charge is 0.0414 e. The molecule has 2 aliphatic carbocycles. The molecular formula is C17H26N2. The summed E-state index contributed by atoms with van der Waals surface area (Å²) in [6.45, 7) is 4.46. The van der Waals surface area contributed by atoms with Crippen molar-refractivity contribution in [3.05, 3.63) is 29.8 Å². The molecule has 1 aromatic carbocycles. The number of anilines is 1. The lowest BCUT2D eigenvalue weighted by molar-refractivity contribution is 0.612. The first-order valence-corrected chi connectivity index (χ1v) is 7.96. The van der Waals surface area contributed by atoms with Crippen LogP contribution in [0.5, 0.6) is 0 Å². The van der Waals surface area contributed by atoms with Crippen LogP contribution in [-0.4, -0.2) is 18.6 Å². The summed E-state index contributed by atoms with van der Waals surface area (Å²) in [6, 6.07) is 10.5. The van der Waals surface area contributed by atoms with Crippen molar-refractivity contribution in [2.75, 3.05) is 11.4 Å². The summed E-state index contributed by atoms with van der Waals surface area (Å²) in [5, 5.41) is 3.66.